The van der Waals surface area contributed by atoms with Gasteiger partial charge in [0.1, 0.15) is 0 Å². The molecule has 15 heavy (non-hydrogen) atoms. The fourth-order valence-corrected chi connectivity index (χ4v) is 1.34. The van der Waals surface area contributed by atoms with Gasteiger partial charge in [0.05, 0.1) is 0 Å². The second kappa shape index (κ2) is 5.46. The molecule has 0 amide bonds. The van der Waals surface area contributed by atoms with Crippen LogP contribution in [0.3, 0.4) is 0 Å². The average molecular weight is 206 g/mol. The second-order valence-corrected chi connectivity index (χ2v) is 3.31. The fourth-order valence-electron chi connectivity index (χ4n) is 1.34. The molecule has 4 heteroatoms. The zero-order chi connectivity index (χ0) is 11.3. The van der Waals surface area contributed by atoms with Crippen LogP contribution in [0.4, 0.5) is 5.95 Å². The lowest BCUT2D eigenvalue weighted by molar-refractivity contribution is 0.835. The van der Waals surface area contributed by atoms with Gasteiger partial charge in [-0.05, 0) is 13.8 Å². The Bertz CT molecular complexity index is 335. The molecule has 4 nitrogen and oxygen atoms in total. The van der Waals surface area contributed by atoms with E-state index < -0.39 is 0 Å². The van der Waals surface area contributed by atoms with E-state index in [1.807, 2.05) is 13.0 Å². The van der Waals surface area contributed by atoms with Crippen molar-refractivity contribution in [2.24, 2.45) is 5.73 Å². The van der Waals surface area contributed by atoms with Crippen LogP contribution >= 0.6 is 0 Å². The van der Waals surface area contributed by atoms with Crippen LogP contribution in [0.15, 0.2) is 18.9 Å². The summed E-state index contributed by atoms with van der Waals surface area (Å²) >= 11 is 0. The van der Waals surface area contributed by atoms with Crippen molar-refractivity contribution in [3.8, 4) is 0 Å². The zero-order valence-corrected chi connectivity index (χ0v) is 9.40. The molecule has 1 aromatic heterocycles. The largest absolute Gasteiger partial charge is 0.337 e. The molecule has 0 spiro atoms. The molecule has 0 unspecified atom stereocenters. The van der Waals surface area contributed by atoms with Crippen molar-refractivity contribution in [3.05, 3.63) is 30.1 Å². The van der Waals surface area contributed by atoms with Gasteiger partial charge in [-0.2, -0.15) is 0 Å². The average Bonchev–Trinajstić information content (AvgIpc) is 2.25. The van der Waals surface area contributed by atoms with Crippen molar-refractivity contribution in [2.45, 2.75) is 20.4 Å². The topological polar surface area (TPSA) is 55.0 Å². The summed E-state index contributed by atoms with van der Waals surface area (Å²) in [6, 6.07) is 0. The lowest BCUT2D eigenvalue weighted by Crippen LogP contribution is -2.25. The first-order valence-corrected chi connectivity index (χ1v) is 5.11. The quantitative estimate of drug-likeness (QED) is 0.737. The number of nitrogens with zero attached hydrogens (tertiary/aromatic N) is 3. The molecule has 1 heterocycles. The SMILES string of the molecule is C=CCN(CC)c1ncc(CN)c(C)n1. The number of likely N-dealkylation sites (N-methyl/N-ethyl adjacent to an activating group) is 1. The Hall–Kier alpha value is -1.42. The van der Waals surface area contributed by atoms with Crippen molar-refractivity contribution in [3.63, 3.8) is 0 Å². The minimum Gasteiger partial charge on any atom is -0.337 e. The van der Waals surface area contributed by atoms with Gasteiger partial charge in [0.2, 0.25) is 5.95 Å². The normalized spacial score (nSPS) is 10.1. The number of hydrogen-bond acceptors (Lipinski definition) is 4. The highest BCUT2D eigenvalue weighted by Crippen LogP contribution is 2.10. The van der Waals surface area contributed by atoms with E-state index in [4.69, 9.17) is 5.73 Å². The summed E-state index contributed by atoms with van der Waals surface area (Å²) < 4.78 is 0. The van der Waals surface area contributed by atoms with Crippen LogP contribution in [0.2, 0.25) is 0 Å². The van der Waals surface area contributed by atoms with Gasteiger partial charge in [0.15, 0.2) is 0 Å². The highest BCUT2D eigenvalue weighted by atomic mass is 15.2. The van der Waals surface area contributed by atoms with Crippen LogP contribution in [0.1, 0.15) is 18.2 Å². The Balaban J connectivity index is 2.94. The maximum atomic E-state index is 5.56. The molecule has 0 atom stereocenters. The summed E-state index contributed by atoms with van der Waals surface area (Å²) in [7, 11) is 0. The lowest BCUT2D eigenvalue weighted by atomic mass is 10.2. The number of rotatable bonds is 5. The van der Waals surface area contributed by atoms with Gasteiger partial charge in [-0.25, -0.2) is 9.97 Å². The van der Waals surface area contributed by atoms with Gasteiger partial charge in [0, 0.05) is 37.1 Å². The molecular weight excluding hydrogens is 188 g/mol. The Kier molecular flexibility index (Phi) is 4.24. The Morgan fingerprint density at radius 3 is 2.80 bits per heavy atom. The molecule has 2 N–H and O–H groups in total. The van der Waals surface area contributed by atoms with E-state index in [0.29, 0.717) is 6.54 Å². The Morgan fingerprint density at radius 2 is 2.33 bits per heavy atom. The summed E-state index contributed by atoms with van der Waals surface area (Å²) in [6.07, 6.45) is 3.64. The molecule has 82 valence electrons. The Labute approximate surface area is 90.8 Å². The van der Waals surface area contributed by atoms with Crippen molar-refractivity contribution in [2.75, 3.05) is 18.0 Å². The predicted octanol–water partition coefficient (Wildman–Crippen LogP) is 1.26. The van der Waals surface area contributed by atoms with Gasteiger partial charge in [-0.3, -0.25) is 0 Å². The molecule has 0 saturated heterocycles. The van der Waals surface area contributed by atoms with Gasteiger partial charge in [0.25, 0.3) is 0 Å². The van der Waals surface area contributed by atoms with Crippen LogP contribution in [0, 0.1) is 6.92 Å². The predicted molar refractivity (Wildman–Crippen MR) is 62.7 cm³/mol. The van der Waals surface area contributed by atoms with Gasteiger partial charge < -0.3 is 10.6 Å². The van der Waals surface area contributed by atoms with E-state index in [0.717, 1.165) is 30.3 Å². The molecule has 0 fully saturated rings. The van der Waals surface area contributed by atoms with Crippen molar-refractivity contribution in [1.29, 1.82) is 0 Å². The van der Waals surface area contributed by atoms with Crippen LogP contribution in [0.25, 0.3) is 0 Å². The molecule has 0 aliphatic heterocycles. The van der Waals surface area contributed by atoms with Gasteiger partial charge in [-0.15, -0.1) is 6.58 Å². The third-order valence-electron chi connectivity index (χ3n) is 2.30. The van der Waals surface area contributed by atoms with E-state index >= 15 is 0 Å². The van der Waals surface area contributed by atoms with E-state index in [9.17, 15) is 0 Å². The molecule has 1 rings (SSSR count). The number of aryl methyl sites for hydroxylation is 1. The van der Waals surface area contributed by atoms with Crippen LogP contribution in [-0.2, 0) is 6.54 Å². The van der Waals surface area contributed by atoms with E-state index in [1.165, 1.54) is 0 Å². The first-order chi connectivity index (χ1) is 7.22. The maximum Gasteiger partial charge on any atom is 0.225 e. The summed E-state index contributed by atoms with van der Waals surface area (Å²) in [5.74, 6) is 0.743. The number of hydrogen-bond donors (Lipinski definition) is 1. The van der Waals surface area contributed by atoms with Gasteiger partial charge in [-0.1, -0.05) is 6.08 Å². The first-order valence-electron chi connectivity index (χ1n) is 5.11. The van der Waals surface area contributed by atoms with Crippen LogP contribution < -0.4 is 10.6 Å². The molecule has 0 bridgehead atoms. The van der Waals surface area contributed by atoms with E-state index in [1.54, 1.807) is 6.20 Å². The highest BCUT2D eigenvalue weighted by Gasteiger charge is 2.07. The molecule has 0 aliphatic rings. The summed E-state index contributed by atoms with van der Waals surface area (Å²) in [4.78, 5) is 10.8. The third-order valence-corrected chi connectivity index (χ3v) is 2.30. The molecule has 0 radical (unpaired) electrons. The smallest absolute Gasteiger partial charge is 0.225 e. The first kappa shape index (κ1) is 11.7. The molecular formula is C11H18N4. The number of aromatic nitrogens is 2. The van der Waals surface area contributed by atoms with Crippen molar-refractivity contribution >= 4 is 5.95 Å². The molecule has 0 aliphatic carbocycles. The number of nitrogens with two attached hydrogens (primary N) is 1. The number of anilines is 1. The lowest BCUT2D eigenvalue weighted by Gasteiger charge is -2.19. The van der Waals surface area contributed by atoms with E-state index in [-0.39, 0.29) is 0 Å². The minimum atomic E-state index is 0.486. The van der Waals surface area contributed by atoms with Crippen LogP contribution in [-0.4, -0.2) is 23.1 Å². The standard InChI is InChI=1S/C11H18N4/c1-4-6-15(5-2)11-13-8-10(7-12)9(3)14-11/h4,8H,1,5-7,12H2,2-3H3. The maximum absolute atomic E-state index is 5.56. The van der Waals surface area contributed by atoms with Gasteiger partial charge >= 0.3 is 0 Å². The molecule has 0 saturated carbocycles. The molecule has 1 aromatic rings. The Morgan fingerprint density at radius 1 is 1.60 bits per heavy atom. The monoisotopic (exact) mass is 206 g/mol. The highest BCUT2D eigenvalue weighted by molar-refractivity contribution is 5.33. The second-order valence-electron chi connectivity index (χ2n) is 3.31. The minimum absolute atomic E-state index is 0.486. The third kappa shape index (κ3) is 2.76. The van der Waals surface area contributed by atoms with Crippen LogP contribution in [0.5, 0.6) is 0 Å². The summed E-state index contributed by atoms with van der Waals surface area (Å²) in [6.45, 7) is 9.85. The molecule has 0 aromatic carbocycles. The zero-order valence-electron chi connectivity index (χ0n) is 9.40. The fraction of sp³-hybridized carbons (Fsp3) is 0.455. The van der Waals surface area contributed by atoms with Crippen molar-refractivity contribution < 1.29 is 0 Å². The van der Waals surface area contributed by atoms with E-state index in [2.05, 4.69) is 28.4 Å². The summed E-state index contributed by atoms with van der Waals surface area (Å²) in [5.41, 5.74) is 7.50. The summed E-state index contributed by atoms with van der Waals surface area (Å²) in [5, 5.41) is 0. The van der Waals surface area contributed by atoms with Crippen molar-refractivity contribution in [1.82, 2.24) is 9.97 Å².